The van der Waals surface area contributed by atoms with Crippen LogP contribution in [0.1, 0.15) is 19.8 Å². The van der Waals surface area contributed by atoms with E-state index >= 15 is 0 Å². The lowest BCUT2D eigenvalue weighted by Crippen LogP contribution is -2.42. The van der Waals surface area contributed by atoms with E-state index in [2.05, 4.69) is 24.4 Å². The van der Waals surface area contributed by atoms with Crippen molar-refractivity contribution in [3.8, 4) is 5.75 Å². The fourth-order valence-electron chi connectivity index (χ4n) is 2.27. The Morgan fingerprint density at radius 3 is 2.76 bits per heavy atom. The highest BCUT2D eigenvalue weighted by Gasteiger charge is 2.14. The summed E-state index contributed by atoms with van der Waals surface area (Å²) in [5, 5.41) is 5.36. The number of amides is 1. The number of benzene rings is 2. The van der Waals surface area contributed by atoms with Gasteiger partial charge in [0.2, 0.25) is 5.91 Å². The van der Waals surface area contributed by atoms with Gasteiger partial charge in [-0.05, 0) is 24.4 Å². The van der Waals surface area contributed by atoms with Crippen LogP contribution in [0.25, 0.3) is 10.8 Å². The normalized spacial score (nSPS) is 12.2. The zero-order chi connectivity index (χ0) is 15.1. The van der Waals surface area contributed by atoms with E-state index in [0.717, 1.165) is 29.5 Å². The molecule has 21 heavy (non-hydrogen) atoms. The van der Waals surface area contributed by atoms with Gasteiger partial charge in [0.05, 0.1) is 12.6 Å². The highest BCUT2D eigenvalue weighted by atomic mass is 16.5. The Kier molecular flexibility index (Phi) is 5.58. The van der Waals surface area contributed by atoms with Crippen LogP contribution in [0.15, 0.2) is 42.5 Å². The van der Waals surface area contributed by atoms with E-state index in [9.17, 15) is 4.79 Å². The van der Waals surface area contributed by atoms with Gasteiger partial charge in [0.15, 0.2) is 0 Å². The van der Waals surface area contributed by atoms with E-state index in [-0.39, 0.29) is 11.9 Å². The molecule has 2 aromatic rings. The van der Waals surface area contributed by atoms with Crippen molar-refractivity contribution < 1.29 is 9.53 Å². The lowest BCUT2D eigenvalue weighted by atomic mass is 10.1. The second-order valence-corrected chi connectivity index (χ2v) is 5.02. The molecule has 0 aromatic heterocycles. The third-order valence-electron chi connectivity index (χ3n) is 3.40. The average molecular weight is 286 g/mol. The molecule has 0 aliphatic rings. The summed E-state index contributed by atoms with van der Waals surface area (Å²) in [6.45, 7) is 3.29. The van der Waals surface area contributed by atoms with Crippen molar-refractivity contribution in [3.05, 3.63) is 42.5 Å². The molecule has 2 aromatic carbocycles. The molecule has 1 atom stereocenters. The number of nitrogens with one attached hydrogen (secondary N) is 1. The van der Waals surface area contributed by atoms with Crippen LogP contribution in [0.2, 0.25) is 0 Å². The summed E-state index contributed by atoms with van der Waals surface area (Å²) in [6, 6.07) is 13.7. The standard InChI is InChI=1S/C17H22N2O2/c1-2-11-19-15(17(18)20)10-12-21-16-9-5-7-13-6-3-4-8-14(13)16/h3-9,15,19H,2,10-12H2,1H3,(H2,18,20). The fourth-order valence-corrected chi connectivity index (χ4v) is 2.27. The van der Waals surface area contributed by atoms with Gasteiger partial charge in [0, 0.05) is 11.8 Å². The summed E-state index contributed by atoms with van der Waals surface area (Å²) < 4.78 is 5.83. The smallest absolute Gasteiger partial charge is 0.234 e. The number of hydrogen-bond donors (Lipinski definition) is 2. The number of fused-ring (bicyclic) bond motifs is 1. The van der Waals surface area contributed by atoms with Crippen LogP contribution in [0.4, 0.5) is 0 Å². The molecule has 112 valence electrons. The quantitative estimate of drug-likeness (QED) is 0.783. The molecule has 0 bridgehead atoms. The number of carbonyl (C=O) groups is 1. The molecule has 0 saturated heterocycles. The van der Waals surface area contributed by atoms with Crippen LogP contribution in [0, 0.1) is 0 Å². The van der Waals surface area contributed by atoms with Crippen molar-refractivity contribution in [1.82, 2.24) is 5.32 Å². The summed E-state index contributed by atoms with van der Waals surface area (Å²) in [6.07, 6.45) is 1.53. The molecule has 0 aliphatic heterocycles. The minimum absolute atomic E-state index is 0.329. The predicted octanol–water partition coefficient (Wildman–Crippen LogP) is 2.46. The molecular weight excluding hydrogens is 264 g/mol. The SMILES string of the molecule is CCCNC(CCOc1cccc2ccccc12)C(N)=O. The van der Waals surface area contributed by atoms with Gasteiger partial charge in [0.25, 0.3) is 0 Å². The second kappa shape index (κ2) is 7.64. The number of carbonyl (C=O) groups excluding carboxylic acids is 1. The first kappa shape index (κ1) is 15.3. The van der Waals surface area contributed by atoms with Crippen LogP contribution in [0.5, 0.6) is 5.75 Å². The summed E-state index contributed by atoms with van der Waals surface area (Å²) in [7, 11) is 0. The van der Waals surface area contributed by atoms with E-state index in [4.69, 9.17) is 10.5 Å². The predicted molar refractivity (Wildman–Crippen MR) is 85.3 cm³/mol. The Labute approximate surface area is 125 Å². The summed E-state index contributed by atoms with van der Waals surface area (Å²) in [4.78, 5) is 11.4. The molecule has 4 heteroatoms. The maximum absolute atomic E-state index is 11.4. The minimum Gasteiger partial charge on any atom is -0.493 e. The van der Waals surface area contributed by atoms with Crippen molar-refractivity contribution in [2.45, 2.75) is 25.8 Å². The lowest BCUT2D eigenvalue weighted by molar-refractivity contribution is -0.120. The van der Waals surface area contributed by atoms with Gasteiger partial charge in [-0.25, -0.2) is 0 Å². The number of hydrogen-bond acceptors (Lipinski definition) is 3. The second-order valence-electron chi connectivity index (χ2n) is 5.02. The molecule has 0 aliphatic carbocycles. The Morgan fingerprint density at radius 1 is 1.24 bits per heavy atom. The van der Waals surface area contributed by atoms with Gasteiger partial charge < -0.3 is 15.8 Å². The van der Waals surface area contributed by atoms with E-state index < -0.39 is 0 Å². The van der Waals surface area contributed by atoms with Crippen molar-refractivity contribution in [1.29, 1.82) is 0 Å². The molecule has 4 nitrogen and oxygen atoms in total. The number of nitrogens with two attached hydrogens (primary N) is 1. The van der Waals surface area contributed by atoms with Gasteiger partial charge in [-0.3, -0.25) is 4.79 Å². The van der Waals surface area contributed by atoms with Gasteiger partial charge in [-0.15, -0.1) is 0 Å². The topological polar surface area (TPSA) is 64.3 Å². The average Bonchev–Trinajstić information content (AvgIpc) is 2.50. The molecular formula is C17H22N2O2. The molecule has 0 saturated carbocycles. The van der Waals surface area contributed by atoms with Gasteiger partial charge >= 0.3 is 0 Å². The third kappa shape index (κ3) is 4.20. The van der Waals surface area contributed by atoms with Crippen LogP contribution < -0.4 is 15.8 Å². The summed E-state index contributed by atoms with van der Waals surface area (Å²) in [5.74, 6) is 0.511. The molecule has 0 radical (unpaired) electrons. The molecule has 0 spiro atoms. The maximum atomic E-state index is 11.4. The van der Waals surface area contributed by atoms with E-state index in [1.54, 1.807) is 0 Å². The first-order valence-corrected chi connectivity index (χ1v) is 7.35. The molecule has 1 unspecified atom stereocenters. The molecule has 0 fully saturated rings. The van der Waals surface area contributed by atoms with Gasteiger partial charge in [-0.1, -0.05) is 43.3 Å². The zero-order valence-corrected chi connectivity index (χ0v) is 12.3. The Bertz CT molecular complexity index is 593. The fraction of sp³-hybridized carbons (Fsp3) is 0.353. The largest absolute Gasteiger partial charge is 0.493 e. The van der Waals surface area contributed by atoms with Crippen molar-refractivity contribution in [2.24, 2.45) is 5.73 Å². The van der Waals surface area contributed by atoms with E-state index in [1.165, 1.54) is 0 Å². The Morgan fingerprint density at radius 2 is 2.00 bits per heavy atom. The maximum Gasteiger partial charge on any atom is 0.234 e. The highest BCUT2D eigenvalue weighted by Crippen LogP contribution is 2.25. The molecule has 0 heterocycles. The van der Waals surface area contributed by atoms with Crippen LogP contribution >= 0.6 is 0 Å². The van der Waals surface area contributed by atoms with Crippen molar-refractivity contribution in [3.63, 3.8) is 0 Å². The van der Waals surface area contributed by atoms with Crippen LogP contribution in [0.3, 0.4) is 0 Å². The monoisotopic (exact) mass is 286 g/mol. The number of primary amides is 1. The number of ether oxygens (including phenoxy) is 1. The first-order valence-electron chi connectivity index (χ1n) is 7.35. The van der Waals surface area contributed by atoms with Crippen LogP contribution in [-0.4, -0.2) is 25.1 Å². The van der Waals surface area contributed by atoms with Crippen LogP contribution in [-0.2, 0) is 4.79 Å². The third-order valence-corrected chi connectivity index (χ3v) is 3.40. The summed E-state index contributed by atoms with van der Waals surface area (Å²) in [5.41, 5.74) is 5.39. The molecule has 2 rings (SSSR count). The zero-order valence-electron chi connectivity index (χ0n) is 12.3. The van der Waals surface area contributed by atoms with Crippen molar-refractivity contribution in [2.75, 3.05) is 13.2 Å². The van der Waals surface area contributed by atoms with Gasteiger partial charge in [0.1, 0.15) is 5.75 Å². The minimum atomic E-state index is -0.333. The lowest BCUT2D eigenvalue weighted by Gasteiger charge is -2.16. The highest BCUT2D eigenvalue weighted by molar-refractivity contribution is 5.88. The first-order chi connectivity index (χ1) is 10.2. The molecule has 3 N–H and O–H groups in total. The van der Waals surface area contributed by atoms with E-state index in [0.29, 0.717) is 13.0 Å². The molecule has 1 amide bonds. The Hall–Kier alpha value is -2.07. The van der Waals surface area contributed by atoms with Gasteiger partial charge in [-0.2, -0.15) is 0 Å². The van der Waals surface area contributed by atoms with E-state index in [1.807, 2.05) is 30.3 Å². The number of rotatable bonds is 8. The summed E-state index contributed by atoms with van der Waals surface area (Å²) >= 11 is 0. The Balaban J connectivity index is 1.96. The van der Waals surface area contributed by atoms with Crippen molar-refractivity contribution >= 4 is 16.7 Å².